The van der Waals surface area contributed by atoms with E-state index < -0.39 is 5.97 Å². The lowest BCUT2D eigenvalue weighted by atomic mass is 10.1. The monoisotopic (exact) mass is 262 g/mol. The number of anilines is 1. The molecule has 0 aromatic carbocycles. The van der Waals surface area contributed by atoms with Gasteiger partial charge in [0.05, 0.1) is 30.5 Å². The summed E-state index contributed by atoms with van der Waals surface area (Å²) in [6, 6.07) is 1.55. The van der Waals surface area contributed by atoms with Crippen molar-refractivity contribution in [1.29, 1.82) is 0 Å². The highest BCUT2D eigenvalue weighted by molar-refractivity contribution is 6.08. The van der Waals surface area contributed by atoms with Crippen molar-refractivity contribution < 1.29 is 19.1 Å². The molecule has 0 aliphatic carbocycles. The number of aromatic nitrogens is 1. The van der Waals surface area contributed by atoms with E-state index in [0.29, 0.717) is 24.2 Å². The fraction of sp³-hybridized carbons (Fsp3) is 0.385. The Bertz CT molecular complexity index is 527. The Labute approximate surface area is 110 Å². The van der Waals surface area contributed by atoms with Crippen molar-refractivity contribution in [1.82, 2.24) is 4.98 Å². The first-order valence-electron chi connectivity index (χ1n) is 6.06. The van der Waals surface area contributed by atoms with Crippen molar-refractivity contribution in [2.45, 2.75) is 19.8 Å². The Morgan fingerprint density at radius 2 is 2.21 bits per heavy atom. The van der Waals surface area contributed by atoms with E-state index in [2.05, 4.69) is 4.98 Å². The molecule has 2 heterocycles. The number of carbonyl (C=O) groups excluding carboxylic acids is 3. The van der Waals surface area contributed by atoms with Crippen molar-refractivity contribution >= 4 is 23.3 Å². The third-order valence-electron chi connectivity index (χ3n) is 2.81. The van der Waals surface area contributed by atoms with E-state index in [0.717, 1.165) is 0 Å². The van der Waals surface area contributed by atoms with Crippen molar-refractivity contribution in [3.05, 3.63) is 24.0 Å². The highest BCUT2D eigenvalue weighted by atomic mass is 16.5. The molecule has 0 radical (unpaired) electrons. The van der Waals surface area contributed by atoms with Gasteiger partial charge in [0.25, 0.3) is 0 Å². The summed E-state index contributed by atoms with van der Waals surface area (Å²) < 4.78 is 4.88. The molecule has 2 rings (SSSR count). The molecule has 1 aliphatic rings. The van der Waals surface area contributed by atoms with E-state index in [-0.39, 0.29) is 24.7 Å². The van der Waals surface area contributed by atoms with Gasteiger partial charge in [0.1, 0.15) is 5.78 Å². The molecule has 19 heavy (non-hydrogen) atoms. The van der Waals surface area contributed by atoms with E-state index in [9.17, 15) is 14.4 Å². The Balaban J connectivity index is 2.21. The van der Waals surface area contributed by atoms with E-state index >= 15 is 0 Å². The summed E-state index contributed by atoms with van der Waals surface area (Å²) in [5.41, 5.74) is 0.812. The number of pyridine rings is 1. The molecular formula is C13H14N2O4. The van der Waals surface area contributed by atoms with Gasteiger partial charge in [0, 0.05) is 19.2 Å². The summed E-state index contributed by atoms with van der Waals surface area (Å²) >= 11 is 0. The van der Waals surface area contributed by atoms with Crippen LogP contribution >= 0.6 is 0 Å². The van der Waals surface area contributed by atoms with Crippen LogP contribution in [0.1, 0.15) is 30.1 Å². The maximum absolute atomic E-state index is 11.8. The minimum Gasteiger partial charge on any atom is -0.462 e. The number of piperidine rings is 1. The lowest BCUT2D eigenvalue weighted by Crippen LogP contribution is -2.39. The van der Waals surface area contributed by atoms with Crippen LogP contribution in [0.3, 0.4) is 0 Å². The minimum absolute atomic E-state index is 0.0595. The molecule has 1 fully saturated rings. The largest absolute Gasteiger partial charge is 0.462 e. The molecule has 1 saturated heterocycles. The van der Waals surface area contributed by atoms with Gasteiger partial charge in [-0.2, -0.15) is 0 Å². The topological polar surface area (TPSA) is 76.6 Å². The molecule has 6 heteroatoms. The number of hydrogen-bond donors (Lipinski definition) is 0. The number of nitrogens with zero attached hydrogens (tertiary/aromatic N) is 2. The van der Waals surface area contributed by atoms with E-state index in [1.807, 2.05) is 0 Å². The summed E-state index contributed by atoms with van der Waals surface area (Å²) in [6.45, 7) is 2.32. The number of ketones is 1. The van der Waals surface area contributed by atoms with Crippen molar-refractivity contribution in [2.75, 3.05) is 18.1 Å². The Morgan fingerprint density at radius 3 is 2.89 bits per heavy atom. The van der Waals surface area contributed by atoms with Gasteiger partial charge in [-0.3, -0.25) is 14.6 Å². The highest BCUT2D eigenvalue weighted by Crippen LogP contribution is 2.20. The predicted octanol–water partition coefficient (Wildman–Crippen LogP) is 0.954. The number of ether oxygens (including phenoxy) is 1. The second kappa shape index (κ2) is 5.60. The fourth-order valence-corrected chi connectivity index (χ4v) is 1.89. The molecule has 1 aromatic heterocycles. The van der Waals surface area contributed by atoms with E-state index in [1.165, 1.54) is 17.3 Å². The normalized spacial score (nSPS) is 15.5. The van der Waals surface area contributed by atoms with Crippen LogP contribution in [0.15, 0.2) is 18.5 Å². The molecule has 0 unspecified atom stereocenters. The summed E-state index contributed by atoms with van der Waals surface area (Å²) in [4.78, 5) is 39.9. The van der Waals surface area contributed by atoms with E-state index in [1.54, 1.807) is 13.0 Å². The van der Waals surface area contributed by atoms with Gasteiger partial charge in [0.2, 0.25) is 5.91 Å². The zero-order valence-corrected chi connectivity index (χ0v) is 10.6. The van der Waals surface area contributed by atoms with Crippen LogP contribution in [0.25, 0.3) is 0 Å². The Morgan fingerprint density at radius 1 is 1.42 bits per heavy atom. The van der Waals surface area contributed by atoms with Crippen LogP contribution in [-0.4, -0.2) is 35.8 Å². The summed E-state index contributed by atoms with van der Waals surface area (Å²) in [7, 11) is 0. The standard InChI is InChI=1S/C13H14N2O4/c1-2-19-13(18)9-5-10(8-14-7-9)15-4-3-11(16)6-12(15)17/h5,7-8H,2-4,6H2,1H3. The molecule has 0 saturated carbocycles. The third-order valence-corrected chi connectivity index (χ3v) is 2.81. The minimum atomic E-state index is -0.475. The smallest absolute Gasteiger partial charge is 0.339 e. The number of amides is 1. The molecule has 100 valence electrons. The first-order valence-corrected chi connectivity index (χ1v) is 6.06. The number of Topliss-reactive ketones (excluding diaryl/α,β-unsaturated/α-hetero) is 1. The molecule has 0 bridgehead atoms. The Kier molecular flexibility index (Phi) is 3.89. The molecule has 1 aromatic rings. The second-order valence-electron chi connectivity index (χ2n) is 4.16. The van der Waals surface area contributed by atoms with Gasteiger partial charge in [0.15, 0.2) is 0 Å². The zero-order valence-electron chi connectivity index (χ0n) is 10.6. The zero-order chi connectivity index (χ0) is 13.8. The first kappa shape index (κ1) is 13.2. The van der Waals surface area contributed by atoms with Gasteiger partial charge in [-0.1, -0.05) is 0 Å². The second-order valence-corrected chi connectivity index (χ2v) is 4.16. The molecular weight excluding hydrogens is 248 g/mol. The van der Waals surface area contributed by atoms with Crippen molar-refractivity contribution in [2.24, 2.45) is 0 Å². The number of hydrogen-bond acceptors (Lipinski definition) is 5. The molecule has 0 atom stereocenters. The Hall–Kier alpha value is -2.24. The molecule has 1 aliphatic heterocycles. The van der Waals surface area contributed by atoms with Gasteiger partial charge in [-0.15, -0.1) is 0 Å². The quantitative estimate of drug-likeness (QED) is 0.599. The average molecular weight is 262 g/mol. The van der Waals surface area contributed by atoms with Gasteiger partial charge >= 0.3 is 5.97 Å². The number of carbonyl (C=O) groups is 3. The van der Waals surface area contributed by atoms with Crippen LogP contribution in [0.2, 0.25) is 0 Å². The van der Waals surface area contributed by atoms with Crippen LogP contribution < -0.4 is 4.90 Å². The lowest BCUT2D eigenvalue weighted by molar-refractivity contribution is -0.128. The van der Waals surface area contributed by atoms with Crippen molar-refractivity contribution in [3.8, 4) is 0 Å². The average Bonchev–Trinajstić information content (AvgIpc) is 2.39. The molecule has 0 N–H and O–H groups in total. The first-order chi connectivity index (χ1) is 9.11. The summed E-state index contributed by atoms with van der Waals surface area (Å²) in [6.07, 6.45) is 3.12. The van der Waals surface area contributed by atoms with Gasteiger partial charge in [-0.05, 0) is 13.0 Å². The molecule has 0 spiro atoms. The van der Waals surface area contributed by atoms with Gasteiger partial charge in [-0.25, -0.2) is 4.79 Å². The lowest BCUT2D eigenvalue weighted by Gasteiger charge is -2.25. The van der Waals surface area contributed by atoms with E-state index in [4.69, 9.17) is 4.74 Å². The number of rotatable bonds is 3. The molecule has 1 amide bonds. The maximum Gasteiger partial charge on any atom is 0.339 e. The predicted molar refractivity (Wildman–Crippen MR) is 66.8 cm³/mol. The maximum atomic E-state index is 11.8. The third kappa shape index (κ3) is 2.96. The summed E-state index contributed by atoms with van der Waals surface area (Å²) in [5, 5.41) is 0. The van der Waals surface area contributed by atoms with Crippen molar-refractivity contribution in [3.63, 3.8) is 0 Å². The number of esters is 1. The van der Waals surface area contributed by atoms with Gasteiger partial charge < -0.3 is 9.64 Å². The van der Waals surface area contributed by atoms with Crippen LogP contribution in [0.5, 0.6) is 0 Å². The SMILES string of the molecule is CCOC(=O)c1cncc(N2CCC(=O)CC2=O)c1. The van der Waals surface area contributed by atoms with Crippen LogP contribution in [0, 0.1) is 0 Å². The van der Waals surface area contributed by atoms with Crippen LogP contribution in [0.4, 0.5) is 5.69 Å². The fourth-order valence-electron chi connectivity index (χ4n) is 1.89. The molecule has 6 nitrogen and oxygen atoms in total. The highest BCUT2D eigenvalue weighted by Gasteiger charge is 2.25. The summed E-state index contributed by atoms with van der Waals surface area (Å²) in [5.74, 6) is -0.799. The van der Waals surface area contributed by atoms with Crippen LogP contribution in [-0.2, 0) is 14.3 Å².